The summed E-state index contributed by atoms with van der Waals surface area (Å²) in [5, 5.41) is 0. The van der Waals surface area contributed by atoms with Crippen LogP contribution in [0.2, 0.25) is 39.3 Å². The summed E-state index contributed by atoms with van der Waals surface area (Å²) in [6.45, 7) is 16.6. The van der Waals surface area contributed by atoms with Crippen molar-refractivity contribution < 1.29 is 0 Å². The minimum absolute atomic E-state index is 0.906. The van der Waals surface area contributed by atoms with Crippen LogP contribution in [0.15, 0.2) is 35.3 Å². The number of benzene rings is 1. The maximum absolute atomic E-state index is 4.59. The molecular formula is C15H28N2Si2. The molecule has 0 aromatic heterocycles. The van der Waals surface area contributed by atoms with Gasteiger partial charge in [0.05, 0.1) is 6.54 Å². The lowest BCUT2D eigenvalue weighted by atomic mass is 10.2. The summed E-state index contributed by atoms with van der Waals surface area (Å²) in [4.78, 5) is 4.59. The van der Waals surface area contributed by atoms with Gasteiger partial charge in [0, 0.05) is 12.8 Å². The topological polar surface area (TPSA) is 15.6 Å². The van der Waals surface area contributed by atoms with E-state index in [9.17, 15) is 0 Å². The van der Waals surface area contributed by atoms with Crippen LogP contribution in [0.25, 0.3) is 0 Å². The van der Waals surface area contributed by atoms with Gasteiger partial charge in [-0.1, -0.05) is 69.6 Å². The van der Waals surface area contributed by atoms with Gasteiger partial charge in [-0.15, -0.1) is 0 Å². The Morgan fingerprint density at radius 1 is 0.947 bits per heavy atom. The molecule has 0 saturated carbocycles. The number of hydrogen-bond acceptors (Lipinski definition) is 2. The number of hydrogen-bond donors (Lipinski definition) is 0. The van der Waals surface area contributed by atoms with Crippen LogP contribution in [0.3, 0.4) is 0 Å². The molecule has 2 nitrogen and oxygen atoms in total. The van der Waals surface area contributed by atoms with Gasteiger partial charge in [-0.2, -0.15) is 0 Å². The summed E-state index contributed by atoms with van der Waals surface area (Å²) in [6, 6.07) is 10.3. The maximum atomic E-state index is 4.59. The zero-order valence-corrected chi connectivity index (χ0v) is 15.3. The molecule has 0 heterocycles. The van der Waals surface area contributed by atoms with Crippen molar-refractivity contribution in [3.63, 3.8) is 0 Å². The van der Waals surface area contributed by atoms with E-state index in [1.54, 1.807) is 0 Å². The van der Waals surface area contributed by atoms with E-state index in [-0.39, 0.29) is 0 Å². The van der Waals surface area contributed by atoms with E-state index in [1.807, 2.05) is 12.3 Å². The van der Waals surface area contributed by atoms with E-state index in [0.29, 0.717) is 0 Å². The molecule has 106 valence electrons. The fourth-order valence-corrected chi connectivity index (χ4v) is 12.1. The largest absolute Gasteiger partial charge is 0.344 e. The summed E-state index contributed by atoms with van der Waals surface area (Å²) >= 11 is 0. The summed E-state index contributed by atoms with van der Waals surface area (Å²) in [5.74, 6) is 0. The predicted molar refractivity (Wildman–Crippen MR) is 92.3 cm³/mol. The van der Waals surface area contributed by atoms with Crippen LogP contribution in [0, 0.1) is 0 Å². The molecule has 0 bridgehead atoms. The lowest BCUT2D eigenvalue weighted by Crippen LogP contribution is -2.59. The van der Waals surface area contributed by atoms with Crippen molar-refractivity contribution in [2.24, 2.45) is 4.99 Å². The molecule has 1 aromatic rings. The average molecular weight is 293 g/mol. The molecule has 0 radical (unpaired) electrons. The normalized spacial score (nSPS) is 13.4. The smallest absolute Gasteiger partial charge is 0.112 e. The molecule has 19 heavy (non-hydrogen) atoms. The zero-order valence-electron chi connectivity index (χ0n) is 13.3. The Labute approximate surface area is 120 Å². The quantitative estimate of drug-likeness (QED) is 0.570. The van der Waals surface area contributed by atoms with Gasteiger partial charge in [-0.25, -0.2) is 0 Å². The van der Waals surface area contributed by atoms with Gasteiger partial charge < -0.3 is 4.23 Å². The molecular weight excluding hydrogens is 264 g/mol. The molecule has 0 amide bonds. The third-order valence-electron chi connectivity index (χ3n) is 3.11. The zero-order chi connectivity index (χ0) is 14.5. The van der Waals surface area contributed by atoms with Crippen LogP contribution in [-0.4, -0.2) is 40.0 Å². The minimum atomic E-state index is -1.23. The Morgan fingerprint density at radius 2 is 1.47 bits per heavy atom. The maximum Gasteiger partial charge on any atom is 0.112 e. The van der Waals surface area contributed by atoms with E-state index in [2.05, 4.69) is 72.8 Å². The molecule has 1 aromatic carbocycles. The van der Waals surface area contributed by atoms with Gasteiger partial charge in [-0.05, 0) is 5.56 Å². The highest BCUT2D eigenvalue weighted by molar-refractivity contribution is 6.89. The Bertz CT molecular complexity index is 388. The van der Waals surface area contributed by atoms with Gasteiger partial charge in [0.1, 0.15) is 16.5 Å². The van der Waals surface area contributed by atoms with Crippen LogP contribution in [0.5, 0.6) is 0 Å². The van der Waals surface area contributed by atoms with Crippen LogP contribution < -0.4 is 0 Å². The lowest BCUT2D eigenvalue weighted by Gasteiger charge is -2.43. The lowest BCUT2D eigenvalue weighted by molar-refractivity contribution is 0.622. The SMILES string of the molecule is C[Si](C)(C)N(CCN=Cc1ccccc1)[Si](C)(C)C. The van der Waals surface area contributed by atoms with E-state index >= 15 is 0 Å². The van der Waals surface area contributed by atoms with Crippen LogP contribution in [0.4, 0.5) is 0 Å². The molecule has 0 aliphatic rings. The molecule has 1 rings (SSSR count). The standard InChI is InChI=1S/C15H28N2Si2/c1-18(2,3)17(19(4,5)6)13-12-16-14-15-10-8-7-9-11-15/h7-11,14H,12-13H2,1-6H3. The molecule has 0 aliphatic carbocycles. The molecule has 0 aliphatic heterocycles. The number of aliphatic imine (C=N–C) groups is 1. The van der Waals surface area contributed by atoms with Crippen molar-refractivity contribution in [3.8, 4) is 0 Å². The summed E-state index contributed by atoms with van der Waals surface area (Å²) in [5.41, 5.74) is 1.19. The van der Waals surface area contributed by atoms with E-state index in [1.165, 1.54) is 5.56 Å². The molecule has 0 saturated heterocycles. The predicted octanol–water partition coefficient (Wildman–Crippen LogP) is 4.08. The average Bonchev–Trinajstić information content (AvgIpc) is 2.26. The first-order chi connectivity index (χ1) is 8.71. The second-order valence-corrected chi connectivity index (χ2v) is 17.1. The Kier molecular flexibility index (Phi) is 5.70. The Hall–Kier alpha value is -0.716. The van der Waals surface area contributed by atoms with Gasteiger partial charge in [-0.3, -0.25) is 4.99 Å². The van der Waals surface area contributed by atoms with Gasteiger partial charge in [0.25, 0.3) is 0 Å². The molecule has 0 spiro atoms. The Morgan fingerprint density at radius 3 is 1.95 bits per heavy atom. The number of nitrogens with zero attached hydrogens (tertiary/aromatic N) is 2. The van der Waals surface area contributed by atoms with E-state index in [4.69, 9.17) is 0 Å². The fourth-order valence-electron chi connectivity index (χ4n) is 2.54. The van der Waals surface area contributed by atoms with Crippen LogP contribution >= 0.6 is 0 Å². The first-order valence-electron chi connectivity index (χ1n) is 7.04. The van der Waals surface area contributed by atoms with Gasteiger partial charge in [0.2, 0.25) is 0 Å². The second-order valence-electron chi connectivity index (χ2n) is 6.94. The second kappa shape index (κ2) is 6.63. The van der Waals surface area contributed by atoms with Gasteiger partial charge in [0.15, 0.2) is 0 Å². The minimum Gasteiger partial charge on any atom is -0.344 e. The third kappa shape index (κ3) is 5.84. The summed E-state index contributed by atoms with van der Waals surface area (Å²) in [7, 11) is -2.46. The van der Waals surface area contributed by atoms with Crippen LogP contribution in [-0.2, 0) is 0 Å². The van der Waals surface area contributed by atoms with Crippen molar-refractivity contribution in [2.45, 2.75) is 39.3 Å². The van der Waals surface area contributed by atoms with E-state index in [0.717, 1.165) is 13.1 Å². The van der Waals surface area contributed by atoms with Crippen molar-refractivity contribution in [1.29, 1.82) is 0 Å². The molecule has 0 unspecified atom stereocenters. The highest BCUT2D eigenvalue weighted by Crippen LogP contribution is 2.18. The molecule has 4 heteroatoms. The summed E-state index contributed by atoms with van der Waals surface area (Å²) < 4.78 is 2.78. The van der Waals surface area contributed by atoms with Crippen molar-refractivity contribution in [3.05, 3.63) is 35.9 Å². The van der Waals surface area contributed by atoms with Crippen molar-refractivity contribution in [2.75, 3.05) is 13.1 Å². The first-order valence-corrected chi connectivity index (χ1v) is 13.9. The van der Waals surface area contributed by atoms with Gasteiger partial charge >= 0.3 is 0 Å². The molecule has 0 fully saturated rings. The molecule has 0 N–H and O–H groups in total. The third-order valence-corrected chi connectivity index (χ3v) is 10.8. The van der Waals surface area contributed by atoms with Crippen molar-refractivity contribution in [1.82, 2.24) is 4.23 Å². The first kappa shape index (κ1) is 16.3. The Balaban J connectivity index is 2.57. The van der Waals surface area contributed by atoms with E-state index < -0.39 is 16.5 Å². The van der Waals surface area contributed by atoms with Crippen LogP contribution in [0.1, 0.15) is 5.56 Å². The highest BCUT2D eigenvalue weighted by atomic mass is 28.4. The molecule has 0 atom stereocenters. The monoisotopic (exact) mass is 292 g/mol. The van der Waals surface area contributed by atoms with Crippen molar-refractivity contribution >= 4 is 22.7 Å². The summed E-state index contributed by atoms with van der Waals surface area (Å²) in [6.07, 6.45) is 1.99. The highest BCUT2D eigenvalue weighted by Gasteiger charge is 2.33. The number of rotatable bonds is 6. The fraction of sp³-hybridized carbons (Fsp3) is 0.533.